The molecule has 0 fully saturated rings. The summed E-state index contributed by atoms with van der Waals surface area (Å²) in [6.07, 6.45) is 2.58. The van der Waals surface area contributed by atoms with Crippen molar-refractivity contribution in [1.82, 2.24) is 4.90 Å². The van der Waals surface area contributed by atoms with Gasteiger partial charge in [0, 0.05) is 23.7 Å². The van der Waals surface area contributed by atoms with Crippen molar-refractivity contribution in [3.05, 3.63) is 112 Å². The van der Waals surface area contributed by atoms with Gasteiger partial charge in [0.15, 0.2) is 0 Å². The third-order valence-electron chi connectivity index (χ3n) is 5.92. The van der Waals surface area contributed by atoms with E-state index in [0.29, 0.717) is 45.5 Å². The Morgan fingerprint density at radius 1 is 0.925 bits per heavy atom. The highest BCUT2D eigenvalue weighted by Gasteiger charge is 2.23. The Morgan fingerprint density at radius 3 is 2.35 bits per heavy atom. The third-order valence-corrected chi connectivity index (χ3v) is 7.86. The van der Waals surface area contributed by atoms with Crippen LogP contribution in [0, 0.1) is 0 Å². The zero-order chi connectivity index (χ0) is 28.7. The van der Waals surface area contributed by atoms with E-state index in [1.165, 1.54) is 35.4 Å². The second kappa shape index (κ2) is 13.0. The molecule has 2 N–H and O–H groups in total. The number of amides is 2. The van der Waals surface area contributed by atoms with Crippen LogP contribution in [0.25, 0.3) is 0 Å². The van der Waals surface area contributed by atoms with Crippen molar-refractivity contribution < 1.29 is 22.4 Å². The summed E-state index contributed by atoms with van der Waals surface area (Å²) in [7, 11) is -4.02. The Hall–Kier alpha value is -3.79. The van der Waals surface area contributed by atoms with Crippen LogP contribution >= 0.6 is 23.2 Å². The second-order valence-electron chi connectivity index (χ2n) is 8.95. The van der Waals surface area contributed by atoms with Crippen LogP contribution in [0.4, 0.5) is 11.4 Å². The lowest BCUT2D eigenvalue weighted by Gasteiger charge is -2.24. The van der Waals surface area contributed by atoms with Crippen LogP contribution in [0.1, 0.15) is 41.4 Å². The van der Waals surface area contributed by atoms with Gasteiger partial charge in [0.05, 0.1) is 34.0 Å². The quantitative estimate of drug-likeness (QED) is 0.193. The van der Waals surface area contributed by atoms with Gasteiger partial charge in [-0.25, -0.2) is 8.42 Å². The van der Waals surface area contributed by atoms with Crippen molar-refractivity contribution >= 4 is 56.4 Å². The summed E-state index contributed by atoms with van der Waals surface area (Å²) in [5.74, 6) is 0.0275. The van der Waals surface area contributed by atoms with Crippen molar-refractivity contribution in [2.24, 2.45) is 0 Å². The fourth-order valence-electron chi connectivity index (χ4n) is 3.97. The van der Waals surface area contributed by atoms with Crippen LogP contribution < -0.4 is 10.0 Å². The lowest BCUT2D eigenvalue weighted by molar-refractivity contribution is -0.116. The van der Waals surface area contributed by atoms with Gasteiger partial charge in [0.1, 0.15) is 5.76 Å². The monoisotopic (exact) mass is 599 g/mol. The summed E-state index contributed by atoms with van der Waals surface area (Å²) in [4.78, 5) is 26.9. The van der Waals surface area contributed by atoms with Gasteiger partial charge in [0.25, 0.3) is 15.9 Å². The highest BCUT2D eigenvalue weighted by atomic mass is 35.5. The van der Waals surface area contributed by atoms with E-state index >= 15 is 0 Å². The SMILES string of the molecule is CCCC(=O)Nc1ccc(S(=O)(=O)Nc2ccc(Cl)cc2CN(Cc2ccco2)C(=O)c2ccccc2Cl)cc1. The Labute approximate surface area is 243 Å². The Kier molecular flexibility index (Phi) is 9.52. The zero-order valence-corrected chi connectivity index (χ0v) is 23.9. The van der Waals surface area contributed by atoms with Crippen LogP contribution in [-0.4, -0.2) is 25.1 Å². The predicted octanol–water partition coefficient (Wildman–Crippen LogP) is 6.97. The molecule has 0 bridgehead atoms. The maximum absolute atomic E-state index is 13.5. The number of benzene rings is 3. The fourth-order valence-corrected chi connectivity index (χ4v) is 5.48. The average molecular weight is 601 g/mol. The number of rotatable bonds is 11. The number of hydrogen-bond donors (Lipinski definition) is 2. The predicted molar refractivity (Wildman–Crippen MR) is 156 cm³/mol. The summed E-state index contributed by atoms with van der Waals surface area (Å²) in [5.41, 5.74) is 1.51. The van der Waals surface area contributed by atoms with Crippen LogP contribution in [0.3, 0.4) is 0 Å². The highest BCUT2D eigenvalue weighted by Crippen LogP contribution is 2.28. The van der Waals surface area contributed by atoms with Crippen molar-refractivity contribution in [2.45, 2.75) is 37.8 Å². The normalized spacial score (nSPS) is 11.2. The van der Waals surface area contributed by atoms with Crippen LogP contribution in [-0.2, 0) is 27.9 Å². The van der Waals surface area contributed by atoms with E-state index in [0.717, 1.165) is 0 Å². The van der Waals surface area contributed by atoms with Gasteiger partial charge < -0.3 is 14.6 Å². The first-order valence-electron chi connectivity index (χ1n) is 12.4. The number of sulfonamides is 1. The second-order valence-corrected chi connectivity index (χ2v) is 11.5. The Balaban J connectivity index is 1.61. The van der Waals surface area contributed by atoms with Gasteiger partial charge >= 0.3 is 0 Å². The number of halogens is 2. The van der Waals surface area contributed by atoms with Crippen LogP contribution in [0.2, 0.25) is 10.0 Å². The summed E-state index contributed by atoms with van der Waals surface area (Å²) in [5, 5.41) is 3.39. The summed E-state index contributed by atoms with van der Waals surface area (Å²) < 4.78 is 34.6. The first kappa shape index (κ1) is 29.2. The largest absolute Gasteiger partial charge is 0.467 e. The average Bonchev–Trinajstić information content (AvgIpc) is 3.43. The number of nitrogens with one attached hydrogen (secondary N) is 2. The molecule has 0 spiro atoms. The first-order valence-corrected chi connectivity index (χ1v) is 14.7. The molecule has 0 atom stereocenters. The molecule has 3 aromatic carbocycles. The van der Waals surface area contributed by atoms with Crippen molar-refractivity contribution in [3.8, 4) is 0 Å². The molecule has 4 aromatic rings. The molecular formula is C29H27Cl2N3O5S. The van der Waals surface area contributed by atoms with E-state index in [1.54, 1.807) is 54.6 Å². The minimum absolute atomic E-state index is 0.00137. The summed E-state index contributed by atoms with van der Waals surface area (Å²) in [6, 6.07) is 20.7. The number of carbonyl (C=O) groups is 2. The number of nitrogens with zero attached hydrogens (tertiary/aromatic N) is 1. The smallest absolute Gasteiger partial charge is 0.261 e. The fraction of sp³-hybridized carbons (Fsp3) is 0.172. The van der Waals surface area contributed by atoms with Gasteiger partial charge in [0.2, 0.25) is 5.91 Å². The lowest BCUT2D eigenvalue weighted by atomic mass is 10.1. The molecule has 0 unspecified atom stereocenters. The highest BCUT2D eigenvalue weighted by molar-refractivity contribution is 7.92. The molecule has 0 saturated carbocycles. The van der Waals surface area contributed by atoms with E-state index in [4.69, 9.17) is 27.6 Å². The third kappa shape index (κ3) is 7.44. The molecule has 0 saturated heterocycles. The molecule has 0 aliphatic rings. The van der Waals surface area contributed by atoms with E-state index < -0.39 is 10.0 Å². The van der Waals surface area contributed by atoms with Gasteiger partial charge in [-0.15, -0.1) is 0 Å². The molecule has 1 aromatic heterocycles. The number of carbonyl (C=O) groups excluding carboxylic acids is 2. The number of anilines is 2. The lowest BCUT2D eigenvalue weighted by Crippen LogP contribution is -2.30. The van der Waals surface area contributed by atoms with Crippen molar-refractivity contribution in [2.75, 3.05) is 10.0 Å². The van der Waals surface area contributed by atoms with Gasteiger partial charge in [-0.1, -0.05) is 42.3 Å². The molecule has 2 amide bonds. The van der Waals surface area contributed by atoms with Gasteiger partial charge in [-0.3, -0.25) is 14.3 Å². The molecule has 8 nitrogen and oxygen atoms in total. The minimum atomic E-state index is -4.02. The van der Waals surface area contributed by atoms with Crippen molar-refractivity contribution in [3.63, 3.8) is 0 Å². The Bertz CT molecular complexity index is 1590. The van der Waals surface area contributed by atoms with Crippen LogP contribution in [0.5, 0.6) is 0 Å². The number of hydrogen-bond acceptors (Lipinski definition) is 5. The Morgan fingerprint density at radius 2 is 1.68 bits per heavy atom. The van der Waals surface area contributed by atoms with Gasteiger partial charge in [-0.2, -0.15) is 0 Å². The van der Waals surface area contributed by atoms with Gasteiger partial charge in [-0.05, 0) is 78.7 Å². The summed E-state index contributed by atoms with van der Waals surface area (Å²) >= 11 is 12.6. The molecule has 11 heteroatoms. The van der Waals surface area contributed by atoms with E-state index in [9.17, 15) is 18.0 Å². The molecule has 0 aliphatic heterocycles. The topological polar surface area (TPSA) is 109 Å². The molecular weight excluding hydrogens is 573 g/mol. The maximum atomic E-state index is 13.5. The first-order chi connectivity index (χ1) is 19.2. The zero-order valence-electron chi connectivity index (χ0n) is 21.6. The van der Waals surface area contributed by atoms with E-state index in [-0.39, 0.29) is 35.5 Å². The molecule has 0 aliphatic carbocycles. The van der Waals surface area contributed by atoms with Crippen molar-refractivity contribution in [1.29, 1.82) is 0 Å². The maximum Gasteiger partial charge on any atom is 0.261 e. The molecule has 1 heterocycles. The van der Waals surface area contributed by atoms with Crippen LogP contribution in [0.15, 0.2) is 94.4 Å². The molecule has 40 heavy (non-hydrogen) atoms. The molecule has 208 valence electrons. The minimum Gasteiger partial charge on any atom is -0.467 e. The summed E-state index contributed by atoms with van der Waals surface area (Å²) in [6.45, 7) is 2.02. The van der Waals surface area contributed by atoms with E-state index in [1.807, 2.05) is 6.92 Å². The standard InChI is InChI=1S/C29H27Cl2N3O5S/c1-2-6-28(35)32-22-11-13-24(14-12-22)40(37,38)33-27-15-10-21(30)17-20(27)18-34(19-23-7-5-16-39-23)29(36)25-8-3-4-9-26(25)31/h3-5,7-17,33H,2,6,18-19H2,1H3,(H,32,35). The molecule has 0 radical (unpaired) electrons. The van der Waals surface area contributed by atoms with E-state index in [2.05, 4.69) is 10.0 Å². The number of furan rings is 1. The molecule has 4 rings (SSSR count).